The van der Waals surface area contributed by atoms with Crippen molar-refractivity contribution in [3.8, 4) is 5.75 Å². The number of aliphatic carboxylic acids is 1. The molecule has 0 saturated carbocycles. The van der Waals surface area contributed by atoms with E-state index in [4.69, 9.17) is 33.0 Å². The minimum absolute atomic E-state index is 0.0180. The Labute approximate surface area is 220 Å². The van der Waals surface area contributed by atoms with Crippen molar-refractivity contribution in [3.05, 3.63) is 87.9 Å². The van der Waals surface area contributed by atoms with Crippen molar-refractivity contribution < 1.29 is 24.9 Å². The van der Waals surface area contributed by atoms with Crippen molar-refractivity contribution in [2.24, 2.45) is 0 Å². The molecular weight excluding hydrogens is 505 g/mol. The first kappa shape index (κ1) is 27.8. The quantitative estimate of drug-likeness (QED) is 0.278. The molecule has 3 atom stereocenters. The molecule has 2 unspecified atom stereocenters. The summed E-state index contributed by atoms with van der Waals surface area (Å²) < 4.78 is 5.18. The summed E-state index contributed by atoms with van der Waals surface area (Å²) in [5, 5.41) is 31.1. The summed E-state index contributed by atoms with van der Waals surface area (Å²) in [6.07, 6.45) is -0.345. The van der Waals surface area contributed by atoms with Gasteiger partial charge in [-0.1, -0.05) is 47.5 Å². The topological polar surface area (TPSA) is 116 Å². The second-order valence-electron chi connectivity index (χ2n) is 8.47. The van der Waals surface area contributed by atoms with Gasteiger partial charge in [0, 0.05) is 19.1 Å². The normalized spacial score (nSPS) is 13.8. The third kappa shape index (κ3) is 8.72. The Balaban J connectivity index is 1.68. The maximum atomic E-state index is 10.9. The molecule has 0 aliphatic carbocycles. The van der Waals surface area contributed by atoms with E-state index in [2.05, 4.69) is 9.97 Å². The van der Waals surface area contributed by atoms with E-state index in [1.165, 1.54) is 0 Å². The number of carbonyl (C=O) groups is 1. The lowest BCUT2D eigenvalue weighted by atomic mass is 10.0. The van der Waals surface area contributed by atoms with E-state index >= 15 is 0 Å². The number of aliphatic hydroxyl groups excluding tert-OH is 2. The highest BCUT2D eigenvalue weighted by Crippen LogP contribution is 2.22. The number of carboxylic acid groups (broad SMARTS) is 1. The molecule has 0 aliphatic heterocycles. The maximum Gasteiger partial charge on any atom is 0.341 e. The fraction of sp³-hybridized carbons (Fsp3) is 0.346. The predicted octanol–water partition coefficient (Wildman–Crippen LogP) is 4.34. The molecule has 0 saturated heterocycles. The van der Waals surface area contributed by atoms with Crippen LogP contribution in [0.3, 0.4) is 0 Å². The van der Waals surface area contributed by atoms with E-state index in [0.29, 0.717) is 27.4 Å². The molecule has 0 spiro atoms. The second kappa shape index (κ2) is 13.5. The SMILES string of the molecule is C[C@H](CCc1ccc(OCC(=O)O)cc1)N(CC(O)c1cccc(Cl)n1)CC(O)c1cccc(Cl)n1. The average Bonchev–Trinajstić information content (AvgIpc) is 2.86. The standard InChI is InChI=1S/C26H29Cl2N3O5/c1-17(8-9-18-10-12-19(13-11-18)36-16-26(34)35)31(14-22(32)20-4-2-6-24(27)29-20)15-23(33)21-5-3-7-25(28)30-21/h2-7,10-13,17,22-23,32-33H,8-9,14-16H2,1H3,(H,34,35)/t17-,22?,23?/m1/s1. The fourth-order valence-electron chi connectivity index (χ4n) is 3.74. The van der Waals surface area contributed by atoms with Gasteiger partial charge < -0.3 is 20.1 Å². The first-order valence-electron chi connectivity index (χ1n) is 11.5. The van der Waals surface area contributed by atoms with Crippen molar-refractivity contribution in [1.82, 2.24) is 14.9 Å². The van der Waals surface area contributed by atoms with Crippen LogP contribution in [0.2, 0.25) is 10.3 Å². The van der Waals surface area contributed by atoms with Crippen LogP contribution in [0.25, 0.3) is 0 Å². The highest BCUT2D eigenvalue weighted by Gasteiger charge is 2.24. The molecule has 3 N–H and O–H groups in total. The van der Waals surface area contributed by atoms with Gasteiger partial charge in [0.05, 0.1) is 11.4 Å². The molecule has 2 heterocycles. The molecule has 10 heteroatoms. The summed E-state index contributed by atoms with van der Waals surface area (Å²) in [7, 11) is 0. The maximum absolute atomic E-state index is 10.9. The van der Waals surface area contributed by atoms with Gasteiger partial charge in [0.2, 0.25) is 0 Å². The lowest BCUT2D eigenvalue weighted by molar-refractivity contribution is -0.139. The van der Waals surface area contributed by atoms with Crippen LogP contribution in [0, 0.1) is 0 Å². The third-order valence-electron chi connectivity index (χ3n) is 5.73. The van der Waals surface area contributed by atoms with Crippen LogP contribution in [-0.4, -0.2) is 61.9 Å². The first-order chi connectivity index (χ1) is 17.2. The molecule has 192 valence electrons. The lowest BCUT2D eigenvalue weighted by Crippen LogP contribution is -2.40. The summed E-state index contributed by atoms with van der Waals surface area (Å²) in [6, 6.07) is 17.4. The smallest absolute Gasteiger partial charge is 0.341 e. The van der Waals surface area contributed by atoms with Crippen molar-refractivity contribution in [2.45, 2.75) is 38.0 Å². The zero-order valence-corrected chi connectivity index (χ0v) is 21.3. The Morgan fingerprint density at radius 3 is 1.92 bits per heavy atom. The van der Waals surface area contributed by atoms with Crippen LogP contribution in [0.15, 0.2) is 60.7 Å². The molecule has 0 amide bonds. The fourth-order valence-corrected chi connectivity index (χ4v) is 4.08. The van der Waals surface area contributed by atoms with Crippen LogP contribution in [-0.2, 0) is 11.2 Å². The number of benzene rings is 1. The van der Waals surface area contributed by atoms with Gasteiger partial charge in [-0.15, -0.1) is 0 Å². The highest BCUT2D eigenvalue weighted by molar-refractivity contribution is 6.29. The number of carboxylic acids is 1. The summed E-state index contributed by atoms with van der Waals surface area (Å²) in [4.78, 5) is 21.1. The van der Waals surface area contributed by atoms with Gasteiger partial charge in [-0.3, -0.25) is 4.90 Å². The highest BCUT2D eigenvalue weighted by atomic mass is 35.5. The number of aromatic nitrogens is 2. The molecule has 3 aromatic rings. The number of pyridine rings is 2. The van der Waals surface area contributed by atoms with E-state index in [-0.39, 0.29) is 25.7 Å². The van der Waals surface area contributed by atoms with E-state index in [1.807, 2.05) is 24.0 Å². The Morgan fingerprint density at radius 2 is 1.44 bits per heavy atom. The summed E-state index contributed by atoms with van der Waals surface area (Å²) in [6.45, 7) is 2.10. The van der Waals surface area contributed by atoms with Crippen LogP contribution in [0.1, 0.15) is 42.5 Å². The minimum Gasteiger partial charge on any atom is -0.482 e. The molecule has 0 fully saturated rings. The number of hydrogen-bond acceptors (Lipinski definition) is 7. The molecule has 1 aromatic carbocycles. The Bertz CT molecular complexity index is 1080. The molecule has 3 rings (SSSR count). The predicted molar refractivity (Wildman–Crippen MR) is 137 cm³/mol. The number of halogens is 2. The van der Waals surface area contributed by atoms with E-state index in [1.54, 1.807) is 48.5 Å². The molecule has 36 heavy (non-hydrogen) atoms. The zero-order valence-electron chi connectivity index (χ0n) is 19.8. The Hall–Kier alpha value is -2.75. The van der Waals surface area contributed by atoms with Gasteiger partial charge >= 0.3 is 5.97 Å². The van der Waals surface area contributed by atoms with Gasteiger partial charge in [-0.25, -0.2) is 14.8 Å². The third-order valence-corrected chi connectivity index (χ3v) is 6.15. The van der Waals surface area contributed by atoms with E-state index < -0.39 is 18.2 Å². The van der Waals surface area contributed by atoms with Gasteiger partial charge in [0.25, 0.3) is 0 Å². The summed E-state index contributed by atoms with van der Waals surface area (Å²) in [5.74, 6) is -0.538. The molecule has 8 nitrogen and oxygen atoms in total. The van der Waals surface area contributed by atoms with Crippen molar-refractivity contribution in [1.29, 1.82) is 0 Å². The number of ether oxygens (including phenoxy) is 1. The first-order valence-corrected chi connectivity index (χ1v) is 12.3. The lowest BCUT2D eigenvalue weighted by Gasteiger charge is -2.32. The Morgan fingerprint density at radius 1 is 0.917 bits per heavy atom. The van der Waals surface area contributed by atoms with Gasteiger partial charge in [-0.2, -0.15) is 0 Å². The number of aliphatic hydroxyl groups is 2. The number of rotatable bonds is 13. The molecule has 2 aromatic heterocycles. The Kier molecular flexibility index (Phi) is 10.5. The van der Waals surface area contributed by atoms with Crippen LogP contribution >= 0.6 is 23.2 Å². The largest absolute Gasteiger partial charge is 0.482 e. The molecule has 0 aliphatic rings. The minimum atomic E-state index is -1.03. The second-order valence-corrected chi connectivity index (χ2v) is 9.24. The van der Waals surface area contributed by atoms with Crippen molar-refractivity contribution in [3.63, 3.8) is 0 Å². The van der Waals surface area contributed by atoms with Crippen LogP contribution in [0.5, 0.6) is 5.75 Å². The molecule has 0 radical (unpaired) electrons. The monoisotopic (exact) mass is 533 g/mol. The average molecular weight is 534 g/mol. The molecular formula is C26H29Cl2N3O5. The number of nitrogens with zero attached hydrogens (tertiary/aromatic N) is 3. The zero-order chi connectivity index (χ0) is 26.1. The molecule has 0 bridgehead atoms. The van der Waals surface area contributed by atoms with Crippen molar-refractivity contribution in [2.75, 3.05) is 19.7 Å². The van der Waals surface area contributed by atoms with Crippen LogP contribution < -0.4 is 4.74 Å². The van der Waals surface area contributed by atoms with Gasteiger partial charge in [0.15, 0.2) is 6.61 Å². The van der Waals surface area contributed by atoms with E-state index in [9.17, 15) is 15.0 Å². The van der Waals surface area contributed by atoms with Crippen LogP contribution in [0.4, 0.5) is 0 Å². The van der Waals surface area contributed by atoms with Gasteiger partial charge in [0.1, 0.15) is 28.3 Å². The van der Waals surface area contributed by atoms with Gasteiger partial charge in [-0.05, 0) is 61.7 Å². The summed E-state index contributed by atoms with van der Waals surface area (Å²) in [5.41, 5.74) is 1.96. The summed E-state index contributed by atoms with van der Waals surface area (Å²) >= 11 is 12.0. The van der Waals surface area contributed by atoms with Crippen molar-refractivity contribution >= 4 is 29.2 Å². The van der Waals surface area contributed by atoms with E-state index in [0.717, 1.165) is 18.4 Å². The number of aryl methyl sites for hydroxylation is 1. The number of hydrogen-bond donors (Lipinski definition) is 3.